The molecule has 0 saturated heterocycles. The Kier molecular flexibility index (Phi) is 6.26. The fourth-order valence-corrected chi connectivity index (χ4v) is 4.23. The minimum absolute atomic E-state index is 0.144. The van der Waals surface area contributed by atoms with Gasteiger partial charge in [-0.15, -0.1) is 0 Å². The fourth-order valence-electron chi connectivity index (χ4n) is 2.17. The van der Waals surface area contributed by atoms with E-state index >= 15 is 0 Å². The van der Waals surface area contributed by atoms with E-state index in [1.807, 2.05) is 6.92 Å². The van der Waals surface area contributed by atoms with Gasteiger partial charge in [0.1, 0.15) is 0 Å². The summed E-state index contributed by atoms with van der Waals surface area (Å²) in [5.41, 5.74) is 0. The summed E-state index contributed by atoms with van der Waals surface area (Å²) in [6.45, 7) is 3.90. The monoisotopic (exact) mass is 280 g/mol. The van der Waals surface area contributed by atoms with Crippen LogP contribution in [0.4, 0.5) is 0 Å². The summed E-state index contributed by atoms with van der Waals surface area (Å²) in [5.74, 6) is 0.172. The molecule has 0 aromatic heterocycles. The van der Waals surface area contributed by atoms with Crippen LogP contribution in [0.5, 0.6) is 0 Å². The van der Waals surface area contributed by atoms with Crippen molar-refractivity contribution in [2.45, 2.75) is 37.4 Å². The van der Waals surface area contributed by atoms with Gasteiger partial charge in [-0.25, -0.2) is 13.1 Å². The molecule has 6 heteroatoms. The first-order chi connectivity index (χ1) is 8.04. The average molecular weight is 280 g/mol. The van der Waals surface area contributed by atoms with Crippen LogP contribution in [0.1, 0.15) is 32.6 Å². The van der Waals surface area contributed by atoms with E-state index in [4.69, 9.17) is 0 Å². The molecule has 0 amide bonds. The van der Waals surface area contributed by atoms with Gasteiger partial charge < -0.3 is 5.32 Å². The molecule has 0 aromatic carbocycles. The summed E-state index contributed by atoms with van der Waals surface area (Å²) in [4.78, 5) is 0. The summed E-state index contributed by atoms with van der Waals surface area (Å²) >= 11 is 1.81. The summed E-state index contributed by atoms with van der Waals surface area (Å²) in [6, 6.07) is 0. The zero-order valence-corrected chi connectivity index (χ0v) is 12.4. The highest BCUT2D eigenvalue weighted by Gasteiger charge is 2.33. The van der Waals surface area contributed by atoms with Gasteiger partial charge in [0, 0.05) is 17.8 Å². The van der Waals surface area contributed by atoms with Crippen LogP contribution in [0.3, 0.4) is 0 Å². The molecule has 17 heavy (non-hydrogen) atoms. The van der Waals surface area contributed by atoms with Crippen LogP contribution in [-0.4, -0.2) is 44.8 Å². The van der Waals surface area contributed by atoms with E-state index in [2.05, 4.69) is 16.3 Å². The van der Waals surface area contributed by atoms with Crippen molar-refractivity contribution >= 4 is 21.8 Å². The molecule has 0 aliphatic heterocycles. The summed E-state index contributed by atoms with van der Waals surface area (Å²) in [5, 5.41) is 3.03. The minimum atomic E-state index is -3.12. The predicted octanol–water partition coefficient (Wildman–Crippen LogP) is 1.19. The third kappa shape index (κ3) is 5.16. The number of sulfonamides is 1. The molecule has 1 saturated carbocycles. The highest BCUT2D eigenvalue weighted by atomic mass is 32.2. The lowest BCUT2D eigenvalue weighted by Crippen LogP contribution is -2.40. The largest absolute Gasteiger partial charge is 0.316 e. The number of hydrogen-bond donors (Lipinski definition) is 2. The third-order valence-corrected chi connectivity index (χ3v) is 6.10. The maximum absolute atomic E-state index is 11.8. The average Bonchev–Trinajstić information content (AvgIpc) is 2.76. The number of hydrogen-bond acceptors (Lipinski definition) is 4. The Labute approximate surface area is 109 Å². The first kappa shape index (κ1) is 15.3. The third-order valence-electron chi connectivity index (χ3n) is 3.36. The fraction of sp³-hybridized carbons (Fsp3) is 1.00. The van der Waals surface area contributed by atoms with Gasteiger partial charge in [-0.2, -0.15) is 11.8 Å². The van der Waals surface area contributed by atoms with Gasteiger partial charge in [0.05, 0.1) is 5.75 Å². The Morgan fingerprint density at radius 1 is 1.29 bits per heavy atom. The minimum Gasteiger partial charge on any atom is -0.316 e. The molecule has 1 rings (SSSR count). The molecule has 1 aliphatic carbocycles. The van der Waals surface area contributed by atoms with Crippen molar-refractivity contribution in [1.29, 1.82) is 0 Å². The van der Waals surface area contributed by atoms with Gasteiger partial charge >= 0.3 is 0 Å². The highest BCUT2D eigenvalue weighted by Crippen LogP contribution is 2.39. The molecule has 0 atom stereocenters. The van der Waals surface area contributed by atoms with Gasteiger partial charge in [-0.1, -0.05) is 19.8 Å². The Morgan fingerprint density at radius 2 is 1.94 bits per heavy atom. The Bertz CT molecular complexity index is 311. The van der Waals surface area contributed by atoms with E-state index in [1.54, 1.807) is 11.8 Å². The molecular formula is C11H24N2O2S2. The molecule has 1 aliphatic rings. The topological polar surface area (TPSA) is 58.2 Å². The van der Waals surface area contributed by atoms with Crippen molar-refractivity contribution in [2.24, 2.45) is 0 Å². The van der Waals surface area contributed by atoms with Crippen LogP contribution < -0.4 is 10.0 Å². The maximum atomic E-state index is 11.8. The lowest BCUT2D eigenvalue weighted by molar-refractivity contribution is 0.549. The SMILES string of the molecule is CCNCCS(=O)(=O)NCC1(SC)CCCC1. The molecule has 0 radical (unpaired) electrons. The Morgan fingerprint density at radius 3 is 2.47 bits per heavy atom. The van der Waals surface area contributed by atoms with Crippen LogP contribution in [0.15, 0.2) is 0 Å². The van der Waals surface area contributed by atoms with Crippen molar-refractivity contribution in [3.8, 4) is 0 Å². The smallest absolute Gasteiger partial charge is 0.212 e. The molecule has 0 bridgehead atoms. The molecule has 4 nitrogen and oxygen atoms in total. The normalized spacial score (nSPS) is 19.6. The van der Waals surface area contributed by atoms with Crippen LogP contribution in [0.2, 0.25) is 0 Å². The van der Waals surface area contributed by atoms with Gasteiger partial charge in [-0.3, -0.25) is 0 Å². The first-order valence-corrected chi connectivity index (χ1v) is 9.14. The van der Waals surface area contributed by atoms with Crippen LogP contribution in [0, 0.1) is 0 Å². The number of thioether (sulfide) groups is 1. The summed E-state index contributed by atoms with van der Waals surface area (Å²) < 4.78 is 26.4. The number of rotatable bonds is 8. The van der Waals surface area contributed by atoms with Crippen molar-refractivity contribution in [1.82, 2.24) is 10.0 Å². The highest BCUT2D eigenvalue weighted by molar-refractivity contribution is 8.00. The van der Waals surface area contributed by atoms with Crippen molar-refractivity contribution in [3.05, 3.63) is 0 Å². The molecule has 0 aromatic rings. The summed E-state index contributed by atoms with van der Waals surface area (Å²) in [7, 11) is -3.12. The molecule has 2 N–H and O–H groups in total. The van der Waals surface area contributed by atoms with Gasteiger partial charge in [0.15, 0.2) is 0 Å². The zero-order chi connectivity index (χ0) is 12.8. The van der Waals surface area contributed by atoms with Gasteiger partial charge in [0.2, 0.25) is 10.0 Å². The van der Waals surface area contributed by atoms with E-state index in [0.29, 0.717) is 13.1 Å². The first-order valence-electron chi connectivity index (χ1n) is 6.27. The van der Waals surface area contributed by atoms with Gasteiger partial charge in [0.25, 0.3) is 0 Å². The van der Waals surface area contributed by atoms with Crippen molar-refractivity contribution in [2.75, 3.05) is 31.6 Å². The number of nitrogens with one attached hydrogen (secondary N) is 2. The standard InChI is InChI=1S/C11H24N2O2S2/c1-3-12-8-9-17(14,15)13-10-11(16-2)6-4-5-7-11/h12-13H,3-10H2,1-2H3. The van der Waals surface area contributed by atoms with E-state index in [9.17, 15) is 8.42 Å². The van der Waals surface area contributed by atoms with Crippen molar-refractivity contribution < 1.29 is 8.42 Å². The van der Waals surface area contributed by atoms with E-state index in [-0.39, 0.29) is 10.5 Å². The maximum Gasteiger partial charge on any atom is 0.212 e. The predicted molar refractivity (Wildman–Crippen MR) is 75.0 cm³/mol. The van der Waals surface area contributed by atoms with Crippen LogP contribution >= 0.6 is 11.8 Å². The van der Waals surface area contributed by atoms with E-state index in [1.165, 1.54) is 12.8 Å². The van der Waals surface area contributed by atoms with E-state index in [0.717, 1.165) is 19.4 Å². The molecule has 1 fully saturated rings. The van der Waals surface area contributed by atoms with E-state index < -0.39 is 10.0 Å². The lowest BCUT2D eigenvalue weighted by atomic mass is 10.1. The van der Waals surface area contributed by atoms with Gasteiger partial charge in [-0.05, 0) is 25.6 Å². The Hall–Kier alpha value is 0.220. The molecule has 102 valence electrons. The van der Waals surface area contributed by atoms with Crippen molar-refractivity contribution in [3.63, 3.8) is 0 Å². The van der Waals surface area contributed by atoms with Crippen LogP contribution in [0.25, 0.3) is 0 Å². The lowest BCUT2D eigenvalue weighted by Gasteiger charge is -2.26. The molecule has 0 heterocycles. The second kappa shape index (κ2) is 6.97. The second-order valence-electron chi connectivity index (χ2n) is 4.59. The van der Waals surface area contributed by atoms with Crippen LogP contribution in [-0.2, 0) is 10.0 Å². The second-order valence-corrected chi connectivity index (χ2v) is 7.79. The molecule has 0 spiro atoms. The quantitative estimate of drug-likeness (QED) is 0.656. The Balaban J connectivity index is 2.37. The molecular weight excluding hydrogens is 256 g/mol. The summed E-state index contributed by atoms with van der Waals surface area (Å²) in [6.07, 6.45) is 6.78. The zero-order valence-electron chi connectivity index (χ0n) is 10.8. The molecule has 0 unspecified atom stereocenters.